The second-order valence-corrected chi connectivity index (χ2v) is 7.02. The van der Waals surface area contributed by atoms with E-state index in [-0.39, 0.29) is 11.8 Å². The van der Waals surface area contributed by atoms with Gasteiger partial charge in [0.2, 0.25) is 11.8 Å². The van der Waals surface area contributed by atoms with Gasteiger partial charge in [-0.2, -0.15) is 5.10 Å². The van der Waals surface area contributed by atoms with E-state index in [4.69, 9.17) is 9.47 Å². The minimum absolute atomic E-state index is 0.0452. The van der Waals surface area contributed by atoms with E-state index >= 15 is 0 Å². The fraction of sp³-hybridized carbons (Fsp3) is 0.476. The summed E-state index contributed by atoms with van der Waals surface area (Å²) in [6.45, 7) is 4.79. The van der Waals surface area contributed by atoms with Gasteiger partial charge in [-0.25, -0.2) is 4.68 Å². The number of rotatable bonds is 8. The van der Waals surface area contributed by atoms with Crippen LogP contribution in [0, 0.1) is 6.92 Å². The van der Waals surface area contributed by atoms with E-state index in [1.165, 1.54) is 0 Å². The van der Waals surface area contributed by atoms with Crippen molar-refractivity contribution in [3.8, 4) is 11.5 Å². The van der Waals surface area contributed by atoms with Crippen LogP contribution in [0.3, 0.4) is 0 Å². The lowest BCUT2D eigenvalue weighted by atomic mass is 10.1. The van der Waals surface area contributed by atoms with Crippen LogP contribution in [0.1, 0.15) is 31.0 Å². The second kappa shape index (κ2) is 8.98. The van der Waals surface area contributed by atoms with Crippen LogP contribution in [0.4, 0.5) is 5.82 Å². The fourth-order valence-electron chi connectivity index (χ4n) is 3.66. The molecule has 0 bridgehead atoms. The highest BCUT2D eigenvalue weighted by Gasteiger charge is 2.34. The lowest BCUT2D eigenvalue weighted by Crippen LogP contribution is -2.52. The van der Waals surface area contributed by atoms with E-state index in [0.717, 1.165) is 22.8 Å². The van der Waals surface area contributed by atoms with Gasteiger partial charge in [-0.3, -0.25) is 14.5 Å². The predicted octanol–water partition coefficient (Wildman–Crippen LogP) is 2.08. The molecule has 2 amide bonds. The monoisotopic (exact) mass is 400 g/mol. The Balaban J connectivity index is 1.67. The first kappa shape index (κ1) is 20.7. The van der Waals surface area contributed by atoms with Crippen molar-refractivity contribution in [3.05, 3.63) is 35.5 Å². The predicted molar refractivity (Wildman–Crippen MR) is 109 cm³/mol. The number of methoxy groups -OCH3 is 2. The number of amides is 2. The highest BCUT2D eigenvalue weighted by molar-refractivity contribution is 6.01. The molecule has 0 radical (unpaired) electrons. The van der Waals surface area contributed by atoms with Crippen molar-refractivity contribution in [1.29, 1.82) is 0 Å². The average Bonchev–Trinajstić information content (AvgIpc) is 3.10. The number of hydrogen-bond donors (Lipinski definition) is 1. The van der Waals surface area contributed by atoms with E-state index in [2.05, 4.69) is 10.4 Å². The Morgan fingerprint density at radius 1 is 1.28 bits per heavy atom. The lowest BCUT2D eigenvalue weighted by molar-refractivity contribution is -0.127. The molecule has 29 heavy (non-hydrogen) atoms. The van der Waals surface area contributed by atoms with E-state index < -0.39 is 6.04 Å². The molecule has 1 N–H and O–H groups in total. The summed E-state index contributed by atoms with van der Waals surface area (Å²) >= 11 is 0. The van der Waals surface area contributed by atoms with Crippen LogP contribution in [0.25, 0.3) is 0 Å². The first-order valence-corrected chi connectivity index (χ1v) is 9.83. The molecule has 156 valence electrons. The second-order valence-electron chi connectivity index (χ2n) is 7.02. The van der Waals surface area contributed by atoms with Gasteiger partial charge in [0.25, 0.3) is 0 Å². The topological polar surface area (TPSA) is 85.7 Å². The highest BCUT2D eigenvalue weighted by Crippen LogP contribution is 2.27. The Morgan fingerprint density at radius 3 is 2.76 bits per heavy atom. The molecule has 1 aliphatic rings. The Labute approximate surface area is 170 Å². The molecule has 2 heterocycles. The molecule has 0 saturated heterocycles. The van der Waals surface area contributed by atoms with Crippen LogP contribution in [0.5, 0.6) is 11.5 Å². The summed E-state index contributed by atoms with van der Waals surface area (Å²) in [6, 6.07) is 6.91. The number of benzene rings is 1. The molecule has 1 atom stereocenters. The van der Waals surface area contributed by atoms with Crippen molar-refractivity contribution in [1.82, 2.24) is 15.1 Å². The number of aromatic nitrogens is 2. The zero-order chi connectivity index (χ0) is 21.0. The first-order chi connectivity index (χ1) is 14.0. The van der Waals surface area contributed by atoms with Gasteiger partial charge in [0.1, 0.15) is 23.4 Å². The molecule has 0 saturated carbocycles. The number of anilines is 1. The smallest absolute Gasteiger partial charge is 0.243 e. The van der Waals surface area contributed by atoms with Crippen LogP contribution >= 0.6 is 0 Å². The molecule has 8 nitrogen and oxygen atoms in total. The van der Waals surface area contributed by atoms with Crippen LogP contribution in [0.2, 0.25) is 0 Å². The molecular formula is C21H28N4O4. The van der Waals surface area contributed by atoms with Crippen LogP contribution in [-0.2, 0) is 22.6 Å². The minimum atomic E-state index is -0.560. The lowest BCUT2D eigenvalue weighted by Gasteiger charge is -2.33. The molecule has 1 aromatic heterocycles. The SMILES string of the molecule is CCC(C(=O)NCCc1ccc(OC)cc1OC)N1C(=O)CCn2nc(C)cc21. The number of carbonyl (C=O) groups is 2. The zero-order valence-electron chi connectivity index (χ0n) is 17.4. The summed E-state index contributed by atoms with van der Waals surface area (Å²) < 4.78 is 12.4. The van der Waals surface area contributed by atoms with Crippen molar-refractivity contribution in [3.63, 3.8) is 0 Å². The molecule has 8 heteroatoms. The van der Waals surface area contributed by atoms with Crippen LogP contribution in [-0.4, -0.2) is 48.4 Å². The first-order valence-electron chi connectivity index (χ1n) is 9.83. The third kappa shape index (κ3) is 4.36. The van der Waals surface area contributed by atoms with Gasteiger partial charge in [-0.15, -0.1) is 0 Å². The standard InChI is InChI=1S/C21H28N4O4/c1-5-17(25-19-12-14(2)23-24(19)11-9-20(25)26)21(27)22-10-8-15-6-7-16(28-3)13-18(15)29-4/h6-7,12-13,17H,5,8-11H2,1-4H3,(H,22,27). The maximum Gasteiger partial charge on any atom is 0.243 e. The highest BCUT2D eigenvalue weighted by atomic mass is 16.5. The summed E-state index contributed by atoms with van der Waals surface area (Å²) in [5.41, 5.74) is 1.81. The van der Waals surface area contributed by atoms with Crippen LogP contribution in [0.15, 0.2) is 24.3 Å². The van der Waals surface area contributed by atoms with Gasteiger partial charge in [0.05, 0.1) is 26.5 Å². The van der Waals surface area contributed by atoms with Gasteiger partial charge in [-0.05, 0) is 31.4 Å². The number of aryl methyl sites for hydroxylation is 2. The summed E-state index contributed by atoms with van der Waals surface area (Å²) in [4.78, 5) is 27.1. The van der Waals surface area contributed by atoms with Gasteiger partial charge < -0.3 is 14.8 Å². The number of fused-ring (bicyclic) bond motifs is 1. The van der Waals surface area contributed by atoms with Gasteiger partial charge in [-0.1, -0.05) is 13.0 Å². The Bertz CT molecular complexity index is 893. The number of ether oxygens (including phenoxy) is 2. The molecule has 1 aromatic carbocycles. The third-order valence-electron chi connectivity index (χ3n) is 5.12. The molecule has 1 unspecified atom stereocenters. The van der Waals surface area contributed by atoms with E-state index in [9.17, 15) is 9.59 Å². The third-order valence-corrected chi connectivity index (χ3v) is 5.12. The number of nitrogens with one attached hydrogen (secondary N) is 1. The minimum Gasteiger partial charge on any atom is -0.497 e. The summed E-state index contributed by atoms with van der Waals surface area (Å²) in [7, 11) is 3.21. The van der Waals surface area contributed by atoms with E-state index in [1.54, 1.807) is 23.8 Å². The van der Waals surface area contributed by atoms with E-state index in [0.29, 0.717) is 38.2 Å². The molecular weight excluding hydrogens is 372 g/mol. The quantitative estimate of drug-likeness (QED) is 0.733. The Hall–Kier alpha value is -3.03. The van der Waals surface area contributed by atoms with Gasteiger partial charge >= 0.3 is 0 Å². The van der Waals surface area contributed by atoms with E-state index in [1.807, 2.05) is 38.1 Å². The molecule has 2 aromatic rings. The van der Waals surface area contributed by atoms with Gasteiger partial charge in [0.15, 0.2) is 0 Å². The maximum absolute atomic E-state index is 12.9. The van der Waals surface area contributed by atoms with Gasteiger partial charge in [0, 0.05) is 25.1 Å². The summed E-state index contributed by atoms with van der Waals surface area (Å²) in [5.74, 6) is 1.92. The van der Waals surface area contributed by atoms with Crippen molar-refractivity contribution < 1.29 is 19.1 Å². The normalized spacial score (nSPS) is 14.3. The Morgan fingerprint density at radius 2 is 2.07 bits per heavy atom. The largest absolute Gasteiger partial charge is 0.497 e. The van der Waals surface area contributed by atoms with Crippen LogP contribution < -0.4 is 19.7 Å². The summed E-state index contributed by atoms with van der Waals surface area (Å²) in [6.07, 6.45) is 1.48. The average molecular weight is 400 g/mol. The summed E-state index contributed by atoms with van der Waals surface area (Å²) in [5, 5.41) is 7.38. The van der Waals surface area contributed by atoms with Crippen molar-refractivity contribution >= 4 is 17.6 Å². The maximum atomic E-state index is 12.9. The van der Waals surface area contributed by atoms with Crippen molar-refractivity contribution in [2.24, 2.45) is 0 Å². The zero-order valence-corrected chi connectivity index (χ0v) is 17.4. The number of carbonyl (C=O) groups excluding carboxylic acids is 2. The van der Waals surface area contributed by atoms with Crippen molar-refractivity contribution in [2.45, 2.75) is 45.7 Å². The molecule has 0 aliphatic carbocycles. The molecule has 1 aliphatic heterocycles. The molecule has 0 fully saturated rings. The van der Waals surface area contributed by atoms with Crippen molar-refractivity contribution in [2.75, 3.05) is 25.7 Å². The number of hydrogen-bond acceptors (Lipinski definition) is 5. The molecule has 3 rings (SSSR count). The fourth-order valence-corrected chi connectivity index (χ4v) is 3.66. The number of nitrogens with zero attached hydrogens (tertiary/aromatic N) is 3. The Kier molecular flexibility index (Phi) is 6.41. The molecule has 0 spiro atoms.